The highest BCUT2D eigenvalue weighted by Crippen LogP contribution is 2.06. The summed E-state index contributed by atoms with van der Waals surface area (Å²) in [5, 5.41) is 8.22. The monoisotopic (exact) mass is 171 g/mol. The zero-order chi connectivity index (χ0) is 8.27. The van der Waals surface area contributed by atoms with E-state index < -0.39 is 11.8 Å². The van der Waals surface area contributed by atoms with Crippen LogP contribution in [0.3, 0.4) is 0 Å². The lowest BCUT2D eigenvalue weighted by Gasteiger charge is -1.88. The average Bonchev–Trinajstić information content (AvgIpc) is 2.39. The Balaban J connectivity index is 2.57. The van der Waals surface area contributed by atoms with Gasteiger partial charge >= 0.3 is 5.97 Å². The molecule has 58 valence electrons. The molecule has 0 atom stereocenters. The second kappa shape index (κ2) is 3.25. The molecule has 0 unspecified atom stereocenters. The Morgan fingerprint density at radius 2 is 2.36 bits per heavy atom. The third-order valence-corrected chi connectivity index (χ3v) is 1.84. The van der Waals surface area contributed by atoms with E-state index in [9.17, 15) is 9.59 Å². The van der Waals surface area contributed by atoms with Gasteiger partial charge in [-0.15, -0.1) is 11.3 Å². The third kappa shape index (κ3) is 2.12. The fraction of sp³-hybridized carbons (Fsp3) is 0.167. The van der Waals surface area contributed by atoms with E-state index in [1.807, 2.05) is 0 Å². The second-order valence-electron chi connectivity index (χ2n) is 1.87. The number of hydrogen-bond donors (Lipinski definition) is 1. The van der Waals surface area contributed by atoms with E-state index in [2.05, 4.69) is 4.98 Å². The molecule has 0 radical (unpaired) electrons. The van der Waals surface area contributed by atoms with E-state index in [0.717, 1.165) is 0 Å². The van der Waals surface area contributed by atoms with Gasteiger partial charge < -0.3 is 5.11 Å². The minimum absolute atomic E-state index is 0.0556. The van der Waals surface area contributed by atoms with Crippen LogP contribution in [-0.4, -0.2) is 21.8 Å². The van der Waals surface area contributed by atoms with Crippen molar-refractivity contribution in [3.05, 3.63) is 16.6 Å². The molecule has 5 heteroatoms. The van der Waals surface area contributed by atoms with Gasteiger partial charge in [-0.1, -0.05) is 0 Å². The number of nitrogens with zero attached hydrogens (tertiary/aromatic N) is 1. The summed E-state index contributed by atoms with van der Waals surface area (Å²) in [7, 11) is 0. The van der Waals surface area contributed by atoms with Crippen LogP contribution in [0.2, 0.25) is 0 Å². The minimum Gasteiger partial charge on any atom is -0.475 e. The van der Waals surface area contributed by atoms with Gasteiger partial charge in [-0.25, -0.2) is 4.79 Å². The fourth-order valence-electron chi connectivity index (χ4n) is 0.563. The normalized spacial score (nSPS) is 9.45. The molecule has 4 nitrogen and oxygen atoms in total. The van der Waals surface area contributed by atoms with E-state index in [4.69, 9.17) is 5.11 Å². The van der Waals surface area contributed by atoms with Crippen molar-refractivity contribution in [2.24, 2.45) is 0 Å². The first-order chi connectivity index (χ1) is 5.20. The first-order valence-corrected chi connectivity index (χ1v) is 3.71. The summed E-state index contributed by atoms with van der Waals surface area (Å²) in [6, 6.07) is 0. The van der Waals surface area contributed by atoms with Crippen LogP contribution in [-0.2, 0) is 16.0 Å². The molecule has 1 aromatic heterocycles. The van der Waals surface area contributed by atoms with Gasteiger partial charge in [0, 0.05) is 11.1 Å². The number of hydrogen-bond acceptors (Lipinski definition) is 4. The summed E-state index contributed by atoms with van der Waals surface area (Å²) >= 11 is 1.27. The van der Waals surface area contributed by atoms with Crippen LogP contribution in [0.25, 0.3) is 0 Å². The molecule has 0 aliphatic carbocycles. The fourth-order valence-corrected chi connectivity index (χ4v) is 1.16. The number of rotatable bonds is 3. The highest BCUT2D eigenvalue weighted by molar-refractivity contribution is 7.09. The quantitative estimate of drug-likeness (QED) is 0.666. The summed E-state index contributed by atoms with van der Waals surface area (Å²) in [5.41, 5.74) is 1.56. The number of carboxylic acid groups (broad SMARTS) is 1. The molecule has 0 aliphatic rings. The van der Waals surface area contributed by atoms with Gasteiger partial charge in [-0.3, -0.25) is 9.78 Å². The van der Waals surface area contributed by atoms with Gasteiger partial charge in [0.25, 0.3) is 0 Å². The Morgan fingerprint density at radius 1 is 1.64 bits per heavy atom. The van der Waals surface area contributed by atoms with Gasteiger partial charge in [0.1, 0.15) is 0 Å². The Morgan fingerprint density at radius 3 is 2.82 bits per heavy atom. The molecule has 0 bridgehead atoms. The molecule has 0 spiro atoms. The predicted octanol–water partition coefficient (Wildman–Crippen LogP) is 0.339. The molecule has 1 aromatic rings. The van der Waals surface area contributed by atoms with Crippen molar-refractivity contribution in [2.45, 2.75) is 6.42 Å². The van der Waals surface area contributed by atoms with Crippen molar-refractivity contribution in [3.8, 4) is 0 Å². The van der Waals surface area contributed by atoms with Crippen molar-refractivity contribution in [3.63, 3.8) is 0 Å². The van der Waals surface area contributed by atoms with Crippen molar-refractivity contribution in [2.75, 3.05) is 0 Å². The van der Waals surface area contributed by atoms with E-state index >= 15 is 0 Å². The molecule has 1 heterocycles. The summed E-state index contributed by atoms with van der Waals surface area (Å²) in [6.45, 7) is 0. The summed E-state index contributed by atoms with van der Waals surface area (Å²) in [6.07, 6.45) is 1.44. The van der Waals surface area contributed by atoms with Gasteiger partial charge in [-0.05, 0) is 0 Å². The standard InChI is InChI=1S/C6H5NO3S/c8-5(6(9)10)1-4-2-7-3-11-4/h2-3H,1H2,(H,9,10). The Kier molecular flexibility index (Phi) is 2.32. The summed E-state index contributed by atoms with van der Waals surface area (Å²) in [5.74, 6) is -2.19. The van der Waals surface area contributed by atoms with Gasteiger partial charge in [0.05, 0.1) is 11.9 Å². The highest BCUT2D eigenvalue weighted by atomic mass is 32.1. The molecular formula is C6H5NO3S. The molecule has 0 amide bonds. The zero-order valence-corrected chi connectivity index (χ0v) is 6.30. The second-order valence-corrected chi connectivity index (χ2v) is 2.84. The molecule has 0 aliphatic heterocycles. The Hall–Kier alpha value is -1.23. The number of ketones is 1. The summed E-state index contributed by atoms with van der Waals surface area (Å²) < 4.78 is 0. The van der Waals surface area contributed by atoms with Crippen LogP contribution in [0.15, 0.2) is 11.7 Å². The van der Waals surface area contributed by atoms with Crippen LogP contribution in [0.1, 0.15) is 4.88 Å². The van der Waals surface area contributed by atoms with Gasteiger partial charge in [-0.2, -0.15) is 0 Å². The smallest absolute Gasteiger partial charge is 0.372 e. The maximum absolute atomic E-state index is 10.6. The first kappa shape index (κ1) is 7.87. The molecule has 0 aromatic carbocycles. The largest absolute Gasteiger partial charge is 0.475 e. The van der Waals surface area contributed by atoms with Crippen molar-refractivity contribution < 1.29 is 14.7 Å². The lowest BCUT2D eigenvalue weighted by Crippen LogP contribution is -2.14. The van der Waals surface area contributed by atoms with E-state index in [-0.39, 0.29) is 6.42 Å². The van der Waals surface area contributed by atoms with Crippen LogP contribution >= 0.6 is 11.3 Å². The number of Topliss-reactive ketones (excluding diaryl/α,β-unsaturated/α-hetero) is 1. The lowest BCUT2D eigenvalue weighted by molar-refractivity contribution is -0.148. The molecule has 11 heavy (non-hydrogen) atoms. The lowest BCUT2D eigenvalue weighted by atomic mass is 10.3. The van der Waals surface area contributed by atoms with Crippen LogP contribution in [0.4, 0.5) is 0 Å². The molecular weight excluding hydrogens is 166 g/mol. The molecule has 0 saturated heterocycles. The molecule has 1 rings (SSSR count). The van der Waals surface area contributed by atoms with Crippen molar-refractivity contribution >= 4 is 23.1 Å². The third-order valence-electron chi connectivity index (χ3n) is 1.06. The SMILES string of the molecule is O=C(O)C(=O)Cc1cncs1. The number of carbonyl (C=O) groups is 2. The van der Waals surface area contributed by atoms with Crippen LogP contribution in [0.5, 0.6) is 0 Å². The molecule has 0 fully saturated rings. The summed E-state index contributed by atoms with van der Waals surface area (Å²) in [4.78, 5) is 25.0. The van der Waals surface area contributed by atoms with Gasteiger partial charge in [0.2, 0.25) is 5.78 Å². The zero-order valence-electron chi connectivity index (χ0n) is 5.48. The minimum atomic E-state index is -1.39. The van der Waals surface area contributed by atoms with Crippen LogP contribution in [0, 0.1) is 0 Å². The number of carboxylic acids is 1. The first-order valence-electron chi connectivity index (χ1n) is 2.83. The number of carbonyl (C=O) groups excluding carboxylic acids is 1. The predicted molar refractivity (Wildman–Crippen MR) is 38.5 cm³/mol. The maximum atomic E-state index is 10.6. The molecule has 1 N–H and O–H groups in total. The van der Waals surface area contributed by atoms with Crippen molar-refractivity contribution in [1.29, 1.82) is 0 Å². The maximum Gasteiger partial charge on any atom is 0.372 e. The Labute approximate surface area is 66.5 Å². The Bertz CT molecular complexity index is 267. The number of thiazole rings is 1. The van der Waals surface area contributed by atoms with Crippen LogP contribution < -0.4 is 0 Å². The highest BCUT2D eigenvalue weighted by Gasteiger charge is 2.12. The van der Waals surface area contributed by atoms with E-state index in [1.165, 1.54) is 17.5 Å². The van der Waals surface area contributed by atoms with Gasteiger partial charge in [0.15, 0.2) is 0 Å². The van der Waals surface area contributed by atoms with E-state index in [1.54, 1.807) is 5.51 Å². The van der Waals surface area contributed by atoms with Crippen molar-refractivity contribution in [1.82, 2.24) is 4.98 Å². The number of aliphatic carboxylic acids is 1. The van der Waals surface area contributed by atoms with E-state index in [0.29, 0.717) is 4.88 Å². The average molecular weight is 171 g/mol. The molecule has 0 saturated carbocycles. The topological polar surface area (TPSA) is 67.3 Å². The number of aromatic nitrogens is 1.